The lowest BCUT2D eigenvalue weighted by atomic mass is 10.2. The van der Waals surface area contributed by atoms with Crippen LogP contribution < -0.4 is 0 Å². The Morgan fingerprint density at radius 1 is 1.05 bits per heavy atom. The molecule has 0 N–H and O–H groups in total. The normalized spacial score (nSPS) is 13.5. The number of halogens is 1. The summed E-state index contributed by atoms with van der Waals surface area (Å²) in [5.74, 6) is 0. The van der Waals surface area contributed by atoms with Crippen molar-refractivity contribution in [2.75, 3.05) is 19.8 Å². The summed E-state index contributed by atoms with van der Waals surface area (Å²) in [4.78, 5) is 0. The SMILES string of the molecule is CCO[Si](OCC)(OCC)C(C)c1cccc(I)c1. The smallest absolute Gasteiger partial charge is 0.373 e. The topological polar surface area (TPSA) is 27.7 Å². The van der Waals surface area contributed by atoms with Gasteiger partial charge in [0.05, 0.1) is 5.54 Å². The van der Waals surface area contributed by atoms with Crippen LogP contribution in [0.1, 0.15) is 38.8 Å². The largest absolute Gasteiger partial charge is 0.508 e. The average molecular weight is 394 g/mol. The van der Waals surface area contributed by atoms with Gasteiger partial charge in [-0.3, -0.25) is 0 Å². The summed E-state index contributed by atoms with van der Waals surface area (Å²) in [7, 11) is -2.67. The molecular weight excluding hydrogens is 371 g/mol. The summed E-state index contributed by atoms with van der Waals surface area (Å²) in [5.41, 5.74) is 1.36. The maximum absolute atomic E-state index is 5.96. The van der Waals surface area contributed by atoms with Crippen molar-refractivity contribution in [1.82, 2.24) is 0 Å². The highest BCUT2D eigenvalue weighted by molar-refractivity contribution is 14.1. The third-order valence-corrected chi connectivity index (χ3v) is 7.05. The fourth-order valence-corrected chi connectivity index (χ4v) is 5.45. The molecule has 108 valence electrons. The highest BCUT2D eigenvalue weighted by Gasteiger charge is 2.47. The van der Waals surface area contributed by atoms with Gasteiger partial charge in [0, 0.05) is 23.4 Å². The van der Waals surface area contributed by atoms with E-state index in [1.807, 2.05) is 20.8 Å². The Bertz CT molecular complexity index is 370. The van der Waals surface area contributed by atoms with Crippen LogP contribution in [0, 0.1) is 3.57 Å². The summed E-state index contributed by atoms with van der Waals surface area (Å²) in [6, 6.07) is 8.44. The monoisotopic (exact) mass is 394 g/mol. The second kappa shape index (κ2) is 8.36. The van der Waals surface area contributed by atoms with E-state index in [0.717, 1.165) is 0 Å². The van der Waals surface area contributed by atoms with E-state index in [-0.39, 0.29) is 5.54 Å². The number of benzene rings is 1. The highest BCUT2D eigenvalue weighted by Crippen LogP contribution is 2.30. The van der Waals surface area contributed by atoms with Crippen LogP contribution in [0.2, 0.25) is 0 Å². The van der Waals surface area contributed by atoms with Crippen LogP contribution >= 0.6 is 22.6 Å². The van der Waals surface area contributed by atoms with Crippen molar-refractivity contribution >= 4 is 31.4 Å². The molecule has 0 saturated heterocycles. The van der Waals surface area contributed by atoms with Crippen molar-refractivity contribution in [2.45, 2.75) is 33.2 Å². The molecule has 1 unspecified atom stereocenters. The molecule has 5 heteroatoms. The Morgan fingerprint density at radius 2 is 1.58 bits per heavy atom. The highest BCUT2D eigenvalue weighted by atomic mass is 127. The molecule has 0 aromatic heterocycles. The van der Waals surface area contributed by atoms with Gasteiger partial charge in [0.25, 0.3) is 0 Å². The van der Waals surface area contributed by atoms with Crippen LogP contribution in [0.5, 0.6) is 0 Å². The molecule has 1 aromatic rings. The molecule has 0 spiro atoms. The molecule has 3 nitrogen and oxygen atoms in total. The van der Waals surface area contributed by atoms with Crippen LogP contribution in [0.15, 0.2) is 24.3 Å². The van der Waals surface area contributed by atoms with E-state index < -0.39 is 8.80 Å². The summed E-state index contributed by atoms with van der Waals surface area (Å²) < 4.78 is 19.1. The molecule has 0 aliphatic heterocycles. The van der Waals surface area contributed by atoms with Crippen molar-refractivity contribution in [3.63, 3.8) is 0 Å². The second-order valence-electron chi connectivity index (χ2n) is 4.18. The first-order chi connectivity index (χ1) is 9.09. The maximum atomic E-state index is 5.96. The summed E-state index contributed by atoms with van der Waals surface area (Å²) >= 11 is 2.32. The molecule has 19 heavy (non-hydrogen) atoms. The van der Waals surface area contributed by atoms with Crippen molar-refractivity contribution in [2.24, 2.45) is 0 Å². The molecule has 1 rings (SSSR count). The van der Waals surface area contributed by atoms with Gasteiger partial charge >= 0.3 is 8.80 Å². The van der Waals surface area contributed by atoms with Gasteiger partial charge in [0.15, 0.2) is 0 Å². The lowest BCUT2D eigenvalue weighted by Gasteiger charge is -2.33. The lowest BCUT2D eigenvalue weighted by molar-refractivity contribution is 0.0633. The van der Waals surface area contributed by atoms with E-state index in [9.17, 15) is 0 Å². The second-order valence-corrected chi connectivity index (χ2v) is 8.36. The van der Waals surface area contributed by atoms with Gasteiger partial charge in [-0.15, -0.1) is 0 Å². The molecule has 0 bridgehead atoms. The van der Waals surface area contributed by atoms with E-state index >= 15 is 0 Å². The Labute approximate surface area is 131 Å². The Balaban J connectivity index is 3.07. The maximum Gasteiger partial charge on any atom is 0.508 e. The zero-order valence-corrected chi connectivity index (χ0v) is 15.3. The fraction of sp³-hybridized carbons (Fsp3) is 0.571. The van der Waals surface area contributed by atoms with E-state index in [0.29, 0.717) is 19.8 Å². The molecule has 0 radical (unpaired) electrons. The minimum atomic E-state index is -2.67. The number of hydrogen-bond donors (Lipinski definition) is 0. The van der Waals surface area contributed by atoms with Gasteiger partial charge in [-0.25, -0.2) is 0 Å². The lowest BCUT2D eigenvalue weighted by Crippen LogP contribution is -2.51. The predicted octanol–water partition coefficient (Wildman–Crippen LogP) is 3.98. The molecule has 0 aliphatic carbocycles. The van der Waals surface area contributed by atoms with Gasteiger partial charge in [-0.2, -0.15) is 0 Å². The zero-order chi connectivity index (χ0) is 14.3. The van der Waals surface area contributed by atoms with Crippen LogP contribution in [-0.4, -0.2) is 28.6 Å². The molecular formula is C14H23IO3Si. The van der Waals surface area contributed by atoms with Crippen LogP contribution in [-0.2, 0) is 13.3 Å². The van der Waals surface area contributed by atoms with Crippen molar-refractivity contribution in [3.8, 4) is 0 Å². The molecule has 1 atom stereocenters. The standard InChI is InChI=1S/C14H23IO3Si/c1-5-16-19(17-6-2,18-7-3)12(4)13-9-8-10-14(15)11-13/h8-12H,5-7H2,1-4H3. The van der Waals surface area contributed by atoms with Gasteiger partial charge in [0.2, 0.25) is 0 Å². The van der Waals surface area contributed by atoms with E-state index in [2.05, 4.69) is 53.8 Å². The van der Waals surface area contributed by atoms with Gasteiger partial charge < -0.3 is 13.3 Å². The van der Waals surface area contributed by atoms with Gasteiger partial charge in [0.1, 0.15) is 0 Å². The average Bonchev–Trinajstić information content (AvgIpc) is 2.38. The van der Waals surface area contributed by atoms with Crippen molar-refractivity contribution in [3.05, 3.63) is 33.4 Å². The van der Waals surface area contributed by atoms with E-state index in [1.165, 1.54) is 9.13 Å². The van der Waals surface area contributed by atoms with Crippen molar-refractivity contribution in [1.29, 1.82) is 0 Å². The molecule has 0 saturated carbocycles. The third-order valence-electron chi connectivity index (χ3n) is 2.92. The quantitative estimate of drug-likeness (QED) is 0.493. The Hall–Kier alpha value is 0.0469. The molecule has 0 heterocycles. The summed E-state index contributed by atoms with van der Waals surface area (Å²) in [6.45, 7) is 9.93. The molecule has 0 fully saturated rings. The molecule has 1 aromatic carbocycles. The van der Waals surface area contributed by atoms with Crippen LogP contribution in [0.25, 0.3) is 0 Å². The predicted molar refractivity (Wildman–Crippen MR) is 88.2 cm³/mol. The fourth-order valence-electron chi connectivity index (χ4n) is 2.08. The summed E-state index contributed by atoms with van der Waals surface area (Å²) in [6.07, 6.45) is 0. The Kier molecular flexibility index (Phi) is 7.52. The van der Waals surface area contributed by atoms with E-state index in [4.69, 9.17) is 13.3 Å². The molecule has 0 aliphatic rings. The van der Waals surface area contributed by atoms with E-state index in [1.54, 1.807) is 0 Å². The first-order valence-corrected chi connectivity index (χ1v) is 9.65. The minimum Gasteiger partial charge on any atom is -0.373 e. The van der Waals surface area contributed by atoms with Crippen molar-refractivity contribution < 1.29 is 13.3 Å². The van der Waals surface area contributed by atoms with Crippen LogP contribution in [0.3, 0.4) is 0 Å². The summed E-state index contributed by atoms with van der Waals surface area (Å²) in [5, 5.41) is 0. The number of rotatable bonds is 8. The van der Waals surface area contributed by atoms with Crippen LogP contribution in [0.4, 0.5) is 0 Å². The third kappa shape index (κ3) is 4.52. The first kappa shape index (κ1) is 17.1. The molecule has 0 amide bonds. The number of hydrogen-bond acceptors (Lipinski definition) is 3. The van der Waals surface area contributed by atoms with Gasteiger partial charge in [-0.1, -0.05) is 19.1 Å². The zero-order valence-electron chi connectivity index (χ0n) is 12.1. The first-order valence-electron chi connectivity index (χ1n) is 6.76. The minimum absolute atomic E-state index is 0.141. The Morgan fingerprint density at radius 3 is 2.00 bits per heavy atom. The van der Waals surface area contributed by atoms with Gasteiger partial charge in [-0.05, 0) is 61.1 Å².